The quantitative estimate of drug-likeness (QED) is 0.490. The van der Waals surface area contributed by atoms with Crippen LogP contribution in [-0.4, -0.2) is 24.2 Å². The Morgan fingerprint density at radius 3 is 2.21 bits per heavy atom. The molecule has 6 heteroatoms. The molecule has 0 bridgehead atoms. The Labute approximate surface area is 97.9 Å². The van der Waals surface area contributed by atoms with E-state index in [9.17, 15) is 9.59 Å². The maximum Gasteiger partial charge on any atom is 0.345 e. The Hall–Kier alpha value is -0.620. The highest BCUT2D eigenvalue weighted by atomic mass is 79.9. The number of rotatable bonds is 3. The number of carboxylic acids is 1. The van der Waals surface area contributed by atoms with Gasteiger partial charge in [-0.1, -0.05) is 15.9 Å². The lowest BCUT2D eigenvalue weighted by Crippen LogP contribution is -2.07. The van der Waals surface area contributed by atoms with Crippen LogP contribution in [0.25, 0.3) is 0 Å². The number of hydrogen-bond donors (Lipinski definition) is 1. The SMILES string of the molecule is COC(=O)C(Br)=C(C)C(=CBr)C(=O)O. The molecular weight excluding hydrogens is 320 g/mol. The third-order valence-electron chi connectivity index (χ3n) is 1.44. The van der Waals surface area contributed by atoms with Crippen molar-refractivity contribution >= 4 is 43.8 Å². The van der Waals surface area contributed by atoms with Crippen LogP contribution in [0.15, 0.2) is 20.6 Å². The molecule has 0 unspecified atom stereocenters. The number of carboxylic acid groups (broad SMARTS) is 1. The molecule has 0 aromatic rings. The van der Waals surface area contributed by atoms with Crippen molar-refractivity contribution < 1.29 is 19.4 Å². The Morgan fingerprint density at radius 2 is 1.93 bits per heavy atom. The standard InChI is InChI=1S/C8H8Br2O4/c1-4(5(3-9)7(11)12)6(10)8(13)14-2/h3H,1-2H3,(H,11,12). The molecule has 0 aliphatic rings. The molecule has 0 aromatic heterocycles. The molecule has 0 aliphatic carbocycles. The molecule has 14 heavy (non-hydrogen) atoms. The number of methoxy groups -OCH3 is 1. The fourth-order valence-corrected chi connectivity index (χ4v) is 1.56. The highest BCUT2D eigenvalue weighted by molar-refractivity contribution is 9.12. The second kappa shape index (κ2) is 5.98. The first kappa shape index (κ1) is 13.4. The summed E-state index contributed by atoms with van der Waals surface area (Å²) in [6, 6.07) is 0. The molecule has 0 saturated carbocycles. The highest BCUT2D eigenvalue weighted by Crippen LogP contribution is 2.21. The number of halogens is 2. The topological polar surface area (TPSA) is 63.6 Å². The summed E-state index contributed by atoms with van der Waals surface area (Å²) in [4.78, 5) is 22.9. The number of carbonyl (C=O) groups is 2. The van der Waals surface area contributed by atoms with Crippen LogP contribution in [0, 0.1) is 0 Å². The van der Waals surface area contributed by atoms with Crippen molar-refractivity contribution in [3.8, 4) is 0 Å². The lowest BCUT2D eigenvalue weighted by atomic mass is 10.1. The Balaban J connectivity index is 5.18. The van der Waals surface area contributed by atoms with Gasteiger partial charge in [-0.05, 0) is 33.4 Å². The van der Waals surface area contributed by atoms with E-state index in [0.717, 1.165) is 0 Å². The van der Waals surface area contributed by atoms with Crippen LogP contribution in [0.3, 0.4) is 0 Å². The van der Waals surface area contributed by atoms with Gasteiger partial charge in [0.25, 0.3) is 0 Å². The van der Waals surface area contributed by atoms with Gasteiger partial charge in [-0.15, -0.1) is 0 Å². The average molecular weight is 328 g/mol. The van der Waals surface area contributed by atoms with Crippen LogP contribution in [0.2, 0.25) is 0 Å². The van der Waals surface area contributed by atoms with E-state index in [0.29, 0.717) is 5.57 Å². The van der Waals surface area contributed by atoms with Gasteiger partial charge in [0, 0.05) is 0 Å². The predicted molar refractivity (Wildman–Crippen MR) is 58.3 cm³/mol. The van der Waals surface area contributed by atoms with E-state index in [1.165, 1.54) is 19.0 Å². The molecular formula is C8H8Br2O4. The molecule has 0 rings (SSSR count). The summed E-state index contributed by atoms with van der Waals surface area (Å²) in [5.74, 6) is -1.74. The molecule has 0 spiro atoms. The zero-order chi connectivity index (χ0) is 11.3. The molecule has 78 valence electrons. The number of carbonyl (C=O) groups excluding carboxylic acids is 1. The van der Waals surface area contributed by atoms with Crippen LogP contribution in [0.4, 0.5) is 0 Å². The van der Waals surface area contributed by atoms with Crippen LogP contribution in [0.5, 0.6) is 0 Å². The van der Waals surface area contributed by atoms with Crippen molar-refractivity contribution in [1.29, 1.82) is 0 Å². The minimum Gasteiger partial charge on any atom is -0.478 e. The molecule has 0 amide bonds. The smallest absolute Gasteiger partial charge is 0.345 e. The Kier molecular flexibility index (Phi) is 5.71. The van der Waals surface area contributed by atoms with E-state index in [1.807, 2.05) is 0 Å². The summed E-state index contributed by atoms with van der Waals surface area (Å²) in [5.41, 5.74) is 0.281. The number of ether oxygens (including phenoxy) is 1. The second-order valence-electron chi connectivity index (χ2n) is 2.26. The zero-order valence-corrected chi connectivity index (χ0v) is 10.7. The van der Waals surface area contributed by atoms with E-state index in [2.05, 4.69) is 36.6 Å². The monoisotopic (exact) mass is 326 g/mol. The van der Waals surface area contributed by atoms with Gasteiger partial charge in [0.05, 0.1) is 12.7 Å². The van der Waals surface area contributed by atoms with Gasteiger partial charge in [0.15, 0.2) is 0 Å². The van der Waals surface area contributed by atoms with E-state index in [1.54, 1.807) is 0 Å². The molecule has 0 atom stereocenters. The number of aliphatic carboxylic acids is 1. The van der Waals surface area contributed by atoms with Gasteiger partial charge >= 0.3 is 11.9 Å². The molecule has 0 heterocycles. The molecule has 0 radical (unpaired) electrons. The van der Waals surface area contributed by atoms with E-state index in [-0.39, 0.29) is 10.1 Å². The summed E-state index contributed by atoms with van der Waals surface area (Å²) in [6.45, 7) is 1.50. The first-order valence-corrected chi connectivity index (χ1v) is 5.15. The van der Waals surface area contributed by atoms with Crippen LogP contribution in [-0.2, 0) is 14.3 Å². The Bertz CT molecular complexity index is 317. The summed E-state index contributed by atoms with van der Waals surface area (Å²) in [6.07, 6.45) is 0. The van der Waals surface area contributed by atoms with E-state index < -0.39 is 11.9 Å². The van der Waals surface area contributed by atoms with Gasteiger partial charge < -0.3 is 9.84 Å². The maximum absolute atomic E-state index is 11.0. The van der Waals surface area contributed by atoms with E-state index in [4.69, 9.17) is 5.11 Å². The van der Waals surface area contributed by atoms with Crippen molar-refractivity contribution in [1.82, 2.24) is 0 Å². The van der Waals surface area contributed by atoms with Crippen molar-refractivity contribution in [3.63, 3.8) is 0 Å². The van der Waals surface area contributed by atoms with Gasteiger partial charge in [0.2, 0.25) is 0 Å². The molecule has 0 fully saturated rings. The fraction of sp³-hybridized carbons (Fsp3) is 0.250. The largest absolute Gasteiger partial charge is 0.478 e. The van der Waals surface area contributed by atoms with Crippen LogP contribution in [0.1, 0.15) is 6.92 Å². The van der Waals surface area contributed by atoms with Gasteiger partial charge in [-0.25, -0.2) is 9.59 Å². The molecule has 0 aliphatic heterocycles. The lowest BCUT2D eigenvalue weighted by molar-refractivity contribution is -0.135. The van der Waals surface area contributed by atoms with Gasteiger partial charge in [-0.2, -0.15) is 0 Å². The van der Waals surface area contributed by atoms with Crippen LogP contribution < -0.4 is 0 Å². The molecule has 0 aromatic carbocycles. The van der Waals surface area contributed by atoms with Crippen molar-refractivity contribution in [3.05, 3.63) is 20.6 Å². The van der Waals surface area contributed by atoms with Gasteiger partial charge in [-0.3, -0.25) is 0 Å². The summed E-state index contributed by atoms with van der Waals surface area (Å²) >= 11 is 5.87. The normalized spacial score (nSPS) is 13.3. The predicted octanol–water partition coefficient (Wildman–Crippen LogP) is 2.19. The van der Waals surface area contributed by atoms with Crippen molar-refractivity contribution in [2.24, 2.45) is 0 Å². The first-order valence-electron chi connectivity index (χ1n) is 3.44. The second-order valence-corrected chi connectivity index (χ2v) is 3.51. The maximum atomic E-state index is 11.0. The number of esters is 1. The van der Waals surface area contributed by atoms with Gasteiger partial charge in [0.1, 0.15) is 4.48 Å². The minimum atomic E-state index is -1.12. The van der Waals surface area contributed by atoms with Crippen LogP contribution >= 0.6 is 31.9 Å². The first-order chi connectivity index (χ1) is 6.45. The summed E-state index contributed by atoms with van der Waals surface area (Å²) in [5, 5.41) is 8.74. The third-order valence-corrected chi connectivity index (χ3v) is 2.81. The summed E-state index contributed by atoms with van der Waals surface area (Å²) < 4.78 is 4.52. The Morgan fingerprint density at radius 1 is 1.43 bits per heavy atom. The fourth-order valence-electron chi connectivity index (χ4n) is 0.650. The third kappa shape index (κ3) is 3.26. The average Bonchev–Trinajstić information content (AvgIpc) is 2.15. The highest BCUT2D eigenvalue weighted by Gasteiger charge is 2.16. The van der Waals surface area contributed by atoms with E-state index >= 15 is 0 Å². The molecule has 1 N–H and O–H groups in total. The zero-order valence-electron chi connectivity index (χ0n) is 7.51. The van der Waals surface area contributed by atoms with Crippen molar-refractivity contribution in [2.45, 2.75) is 6.92 Å². The van der Waals surface area contributed by atoms with Crippen molar-refractivity contribution in [2.75, 3.05) is 7.11 Å². The number of hydrogen-bond acceptors (Lipinski definition) is 3. The summed E-state index contributed by atoms with van der Waals surface area (Å²) in [7, 11) is 1.22. The lowest BCUT2D eigenvalue weighted by Gasteiger charge is -2.04. The molecule has 0 saturated heterocycles. The molecule has 4 nitrogen and oxygen atoms in total. The minimum absolute atomic E-state index is 0.0118.